The van der Waals surface area contributed by atoms with Gasteiger partial charge in [0, 0.05) is 31.7 Å². The van der Waals surface area contributed by atoms with Crippen LogP contribution >= 0.6 is 0 Å². The largest absolute Gasteiger partial charge is 0.388 e. The van der Waals surface area contributed by atoms with Crippen molar-refractivity contribution in [3.8, 4) is 0 Å². The van der Waals surface area contributed by atoms with Crippen molar-refractivity contribution in [3.63, 3.8) is 0 Å². The Bertz CT molecular complexity index is 338. The van der Waals surface area contributed by atoms with E-state index in [0.717, 1.165) is 25.6 Å². The first-order valence-electron chi connectivity index (χ1n) is 8.57. The van der Waals surface area contributed by atoms with Gasteiger partial charge in [0.2, 0.25) is 0 Å². The van der Waals surface area contributed by atoms with Gasteiger partial charge in [-0.15, -0.1) is 0 Å². The van der Waals surface area contributed by atoms with Gasteiger partial charge in [0.25, 0.3) is 0 Å². The number of carbonyl (C=O) groups excluding carboxylic acids is 1. The van der Waals surface area contributed by atoms with Crippen molar-refractivity contribution in [2.24, 2.45) is 0 Å². The highest BCUT2D eigenvalue weighted by Crippen LogP contribution is 2.26. The average molecular weight is 297 g/mol. The van der Waals surface area contributed by atoms with E-state index in [1.165, 1.54) is 25.7 Å². The van der Waals surface area contributed by atoms with E-state index < -0.39 is 5.60 Å². The first kappa shape index (κ1) is 16.6. The molecule has 0 bridgehead atoms. The maximum Gasteiger partial charge on any atom is 0.315 e. The molecule has 1 saturated heterocycles. The molecule has 5 nitrogen and oxygen atoms in total. The molecule has 1 unspecified atom stereocenters. The van der Waals surface area contributed by atoms with Crippen molar-refractivity contribution < 1.29 is 9.90 Å². The number of rotatable bonds is 6. The minimum atomic E-state index is -0.775. The molecule has 2 rings (SSSR count). The van der Waals surface area contributed by atoms with Crippen LogP contribution in [0.15, 0.2) is 0 Å². The summed E-state index contributed by atoms with van der Waals surface area (Å²) in [5.74, 6) is 0. The van der Waals surface area contributed by atoms with Gasteiger partial charge in [0.15, 0.2) is 0 Å². The van der Waals surface area contributed by atoms with Crippen LogP contribution in [0.2, 0.25) is 0 Å². The van der Waals surface area contributed by atoms with E-state index in [2.05, 4.69) is 15.5 Å². The average Bonchev–Trinajstić information content (AvgIpc) is 3.15. The van der Waals surface area contributed by atoms with Crippen LogP contribution in [0.4, 0.5) is 4.79 Å². The monoisotopic (exact) mass is 297 g/mol. The van der Waals surface area contributed by atoms with Crippen LogP contribution in [0.25, 0.3) is 0 Å². The third-order valence-corrected chi connectivity index (χ3v) is 5.29. The molecule has 2 fully saturated rings. The summed E-state index contributed by atoms with van der Waals surface area (Å²) < 4.78 is 0. The summed E-state index contributed by atoms with van der Waals surface area (Å²) in [5, 5.41) is 16.0. The molecule has 21 heavy (non-hydrogen) atoms. The van der Waals surface area contributed by atoms with Gasteiger partial charge >= 0.3 is 6.03 Å². The molecule has 122 valence electrons. The second-order valence-electron chi connectivity index (χ2n) is 6.68. The van der Waals surface area contributed by atoms with Gasteiger partial charge in [-0.2, -0.15) is 0 Å². The quantitative estimate of drug-likeness (QED) is 0.701. The lowest BCUT2D eigenvalue weighted by Crippen LogP contribution is -2.49. The Labute approximate surface area is 128 Å². The number of aliphatic hydroxyl groups is 1. The van der Waals surface area contributed by atoms with Crippen molar-refractivity contribution in [2.45, 2.75) is 76.5 Å². The molecule has 3 N–H and O–H groups in total. The van der Waals surface area contributed by atoms with Crippen molar-refractivity contribution in [1.29, 1.82) is 0 Å². The smallest absolute Gasteiger partial charge is 0.315 e. The van der Waals surface area contributed by atoms with Crippen molar-refractivity contribution in [1.82, 2.24) is 15.5 Å². The summed E-state index contributed by atoms with van der Waals surface area (Å²) in [6, 6.07) is 0.848. The van der Waals surface area contributed by atoms with Crippen LogP contribution in [0.3, 0.4) is 0 Å². The fraction of sp³-hybridized carbons (Fsp3) is 0.938. The summed E-state index contributed by atoms with van der Waals surface area (Å²) in [4.78, 5) is 14.5. The second kappa shape index (κ2) is 7.45. The predicted molar refractivity (Wildman–Crippen MR) is 84.3 cm³/mol. The molecule has 1 atom stereocenters. The maximum atomic E-state index is 12.0. The van der Waals surface area contributed by atoms with E-state index in [9.17, 15) is 9.90 Å². The third-order valence-electron chi connectivity index (χ3n) is 5.29. The molecule has 1 heterocycles. The molecule has 0 aromatic heterocycles. The normalized spacial score (nSPS) is 24.4. The maximum absolute atomic E-state index is 12.0. The number of hydrogen-bond acceptors (Lipinski definition) is 3. The predicted octanol–water partition coefficient (Wildman–Crippen LogP) is 1.85. The number of nitrogens with zero attached hydrogens (tertiary/aromatic N) is 1. The highest BCUT2D eigenvalue weighted by molar-refractivity contribution is 5.74. The Morgan fingerprint density at radius 1 is 1.24 bits per heavy atom. The minimum absolute atomic E-state index is 0.145. The number of nitrogens with one attached hydrogen (secondary N) is 2. The van der Waals surface area contributed by atoms with E-state index in [1.54, 1.807) is 0 Å². The number of carbonyl (C=O) groups is 1. The highest BCUT2D eigenvalue weighted by atomic mass is 16.3. The van der Waals surface area contributed by atoms with Gasteiger partial charge in [-0.25, -0.2) is 4.79 Å². The Kier molecular flexibility index (Phi) is 5.88. The number of urea groups is 1. The molecule has 1 aliphatic carbocycles. The van der Waals surface area contributed by atoms with E-state index in [4.69, 9.17) is 0 Å². The minimum Gasteiger partial charge on any atom is -0.388 e. The first-order valence-corrected chi connectivity index (χ1v) is 8.57. The molecule has 0 aromatic carbocycles. The van der Waals surface area contributed by atoms with Crippen LogP contribution in [-0.4, -0.2) is 53.4 Å². The molecular formula is C16H31N3O2. The summed E-state index contributed by atoms with van der Waals surface area (Å²) in [5.41, 5.74) is -0.775. The van der Waals surface area contributed by atoms with Gasteiger partial charge in [-0.05, 0) is 32.1 Å². The molecule has 5 heteroatoms. The lowest BCUT2D eigenvalue weighted by molar-refractivity contribution is 0.0348. The zero-order valence-electron chi connectivity index (χ0n) is 13.5. The molecule has 0 spiro atoms. The second-order valence-corrected chi connectivity index (χ2v) is 6.68. The van der Waals surface area contributed by atoms with Crippen LogP contribution in [0.5, 0.6) is 0 Å². The molecule has 0 radical (unpaired) electrons. The molecule has 1 aliphatic heterocycles. The van der Waals surface area contributed by atoms with Gasteiger partial charge in [0.1, 0.15) is 0 Å². The number of hydrogen-bond donors (Lipinski definition) is 3. The summed E-state index contributed by atoms with van der Waals surface area (Å²) >= 11 is 0. The highest BCUT2D eigenvalue weighted by Gasteiger charge is 2.31. The molecule has 2 amide bonds. The lowest BCUT2D eigenvalue weighted by atomic mass is 9.98. The first-order chi connectivity index (χ1) is 10.1. The van der Waals surface area contributed by atoms with E-state index >= 15 is 0 Å². The van der Waals surface area contributed by atoms with Crippen molar-refractivity contribution in [2.75, 3.05) is 19.6 Å². The SMILES string of the molecule is CCC(O)(CC)CNC(=O)NC1CCN(C2CCCC2)C1. The van der Waals surface area contributed by atoms with Crippen molar-refractivity contribution >= 4 is 6.03 Å². The van der Waals surface area contributed by atoms with Crippen LogP contribution in [-0.2, 0) is 0 Å². The van der Waals surface area contributed by atoms with Gasteiger partial charge in [-0.3, -0.25) is 4.90 Å². The Hall–Kier alpha value is -0.810. The Balaban J connectivity index is 1.69. The fourth-order valence-electron chi connectivity index (χ4n) is 3.49. The zero-order valence-corrected chi connectivity index (χ0v) is 13.5. The Morgan fingerprint density at radius 2 is 1.90 bits per heavy atom. The van der Waals surface area contributed by atoms with E-state index in [-0.39, 0.29) is 12.1 Å². The van der Waals surface area contributed by atoms with Crippen LogP contribution < -0.4 is 10.6 Å². The van der Waals surface area contributed by atoms with Gasteiger partial charge in [0.05, 0.1) is 5.60 Å². The van der Waals surface area contributed by atoms with Crippen molar-refractivity contribution in [3.05, 3.63) is 0 Å². The summed E-state index contributed by atoms with van der Waals surface area (Å²) in [6.07, 6.45) is 7.69. The zero-order chi connectivity index (χ0) is 15.3. The van der Waals surface area contributed by atoms with Crippen LogP contribution in [0, 0.1) is 0 Å². The Morgan fingerprint density at radius 3 is 2.52 bits per heavy atom. The number of amides is 2. The number of likely N-dealkylation sites (tertiary alicyclic amines) is 1. The molecule has 0 aromatic rings. The molecule has 2 aliphatic rings. The summed E-state index contributed by atoms with van der Waals surface area (Å²) in [6.45, 7) is 6.29. The summed E-state index contributed by atoms with van der Waals surface area (Å²) in [7, 11) is 0. The topological polar surface area (TPSA) is 64.6 Å². The third kappa shape index (κ3) is 4.58. The van der Waals surface area contributed by atoms with Gasteiger partial charge in [-0.1, -0.05) is 26.7 Å². The fourth-order valence-corrected chi connectivity index (χ4v) is 3.49. The molecular weight excluding hydrogens is 266 g/mol. The van der Waals surface area contributed by atoms with E-state index in [0.29, 0.717) is 19.4 Å². The van der Waals surface area contributed by atoms with Crippen LogP contribution in [0.1, 0.15) is 58.8 Å². The van der Waals surface area contributed by atoms with E-state index in [1.807, 2.05) is 13.8 Å². The molecule has 1 saturated carbocycles. The van der Waals surface area contributed by atoms with Gasteiger partial charge < -0.3 is 15.7 Å². The standard InChI is InChI=1S/C16H31N3O2/c1-3-16(21,4-2)12-17-15(20)18-13-9-10-19(11-13)14-7-5-6-8-14/h13-14,21H,3-12H2,1-2H3,(H2,17,18,20). The lowest BCUT2D eigenvalue weighted by Gasteiger charge is -2.26.